The van der Waals surface area contributed by atoms with E-state index in [9.17, 15) is 4.79 Å². The zero-order chi connectivity index (χ0) is 18.5. The minimum atomic E-state index is -0.193. The molecule has 0 aliphatic rings. The molecule has 0 atom stereocenters. The van der Waals surface area contributed by atoms with Crippen LogP contribution < -0.4 is 10.5 Å². The summed E-state index contributed by atoms with van der Waals surface area (Å²) in [6.45, 7) is 2.38. The molecular weight excluding hydrogens is 366 g/mol. The Hall–Kier alpha value is -2.34. The van der Waals surface area contributed by atoms with E-state index in [2.05, 4.69) is 10.3 Å². The maximum Gasteiger partial charge on any atom is 0.253 e. The van der Waals surface area contributed by atoms with Gasteiger partial charge in [-0.05, 0) is 48.7 Å². The first kappa shape index (κ1) is 18.5. The average Bonchev–Trinajstić information content (AvgIpc) is 2.67. The molecule has 0 saturated heterocycles. The molecular formula is C20H18ClN3OS. The Morgan fingerprint density at radius 1 is 1.15 bits per heavy atom. The average molecular weight is 384 g/mol. The van der Waals surface area contributed by atoms with Gasteiger partial charge in [-0.3, -0.25) is 14.9 Å². The molecule has 0 spiro atoms. The number of nitrogens with zero attached hydrogens (tertiary/aromatic N) is 1. The second-order valence-electron chi connectivity index (χ2n) is 5.85. The van der Waals surface area contributed by atoms with Gasteiger partial charge in [0, 0.05) is 28.2 Å². The Labute approximate surface area is 161 Å². The first-order valence-electron chi connectivity index (χ1n) is 8.03. The van der Waals surface area contributed by atoms with Gasteiger partial charge in [0.1, 0.15) is 0 Å². The van der Waals surface area contributed by atoms with Crippen LogP contribution >= 0.6 is 23.5 Å². The van der Waals surface area contributed by atoms with Gasteiger partial charge in [-0.25, -0.2) is 0 Å². The number of hydrogen-bond donors (Lipinski definition) is 2. The van der Waals surface area contributed by atoms with Crippen molar-refractivity contribution < 1.29 is 4.79 Å². The largest absolute Gasteiger partial charge is 0.348 e. The zero-order valence-corrected chi connectivity index (χ0v) is 15.8. The van der Waals surface area contributed by atoms with Crippen LogP contribution in [0.5, 0.6) is 0 Å². The topological polar surface area (TPSA) is 68.0 Å². The Kier molecular flexibility index (Phi) is 5.93. The Morgan fingerprint density at radius 2 is 1.92 bits per heavy atom. The number of nitrogens with two attached hydrogens (primary N) is 1. The summed E-state index contributed by atoms with van der Waals surface area (Å²) in [6.07, 6.45) is 1.58. The normalized spacial score (nSPS) is 10.6. The van der Waals surface area contributed by atoms with Crippen LogP contribution in [0.3, 0.4) is 0 Å². The zero-order valence-electron chi connectivity index (χ0n) is 14.2. The lowest BCUT2D eigenvalue weighted by Crippen LogP contribution is -2.23. The number of benzene rings is 2. The van der Waals surface area contributed by atoms with Gasteiger partial charge in [-0.15, -0.1) is 0 Å². The Balaban J connectivity index is 1.66. The lowest BCUT2D eigenvalue weighted by atomic mass is 10.1. The van der Waals surface area contributed by atoms with E-state index >= 15 is 0 Å². The molecule has 0 radical (unpaired) electrons. The fraction of sp³-hybridized carbons (Fsp3) is 0.100. The van der Waals surface area contributed by atoms with Crippen molar-refractivity contribution >= 4 is 29.5 Å². The molecule has 26 heavy (non-hydrogen) atoms. The summed E-state index contributed by atoms with van der Waals surface area (Å²) in [5.74, 6) is -0.193. The molecule has 0 unspecified atom stereocenters. The Morgan fingerprint density at radius 3 is 2.54 bits per heavy atom. The van der Waals surface area contributed by atoms with Gasteiger partial charge >= 0.3 is 0 Å². The van der Waals surface area contributed by atoms with Crippen molar-refractivity contribution in [3.8, 4) is 11.3 Å². The van der Waals surface area contributed by atoms with Gasteiger partial charge in [0.15, 0.2) is 0 Å². The van der Waals surface area contributed by atoms with Crippen molar-refractivity contribution in [1.82, 2.24) is 10.3 Å². The van der Waals surface area contributed by atoms with Gasteiger partial charge < -0.3 is 5.32 Å². The van der Waals surface area contributed by atoms with Crippen LogP contribution in [-0.2, 0) is 6.54 Å². The summed E-state index contributed by atoms with van der Waals surface area (Å²) in [6, 6.07) is 17.2. The highest BCUT2D eigenvalue weighted by Gasteiger charge is 2.09. The van der Waals surface area contributed by atoms with E-state index in [1.165, 1.54) is 5.56 Å². The predicted molar refractivity (Wildman–Crippen MR) is 107 cm³/mol. The highest BCUT2D eigenvalue weighted by atomic mass is 35.5. The highest BCUT2D eigenvalue weighted by molar-refractivity contribution is 7.97. The van der Waals surface area contributed by atoms with Crippen LogP contribution in [-0.4, -0.2) is 10.9 Å². The van der Waals surface area contributed by atoms with Crippen molar-refractivity contribution in [2.75, 3.05) is 0 Å². The third-order valence-electron chi connectivity index (χ3n) is 3.97. The molecule has 3 aromatic rings. The van der Waals surface area contributed by atoms with Crippen LogP contribution in [0.25, 0.3) is 11.3 Å². The minimum Gasteiger partial charge on any atom is -0.348 e. The molecule has 2 aromatic carbocycles. The standard InChI is InChI=1S/C20H18ClN3OS/c1-13-2-4-14(5-3-13)19-9-7-16(12-23-19)20(25)24-11-15-6-8-17(26-22)10-18(15)21/h2-10,12H,11,22H2,1H3,(H,24,25). The minimum absolute atomic E-state index is 0.193. The molecule has 3 rings (SSSR count). The van der Waals surface area contributed by atoms with Gasteiger partial charge in [-0.1, -0.05) is 47.5 Å². The molecule has 1 aromatic heterocycles. The van der Waals surface area contributed by atoms with Gasteiger partial charge in [0.05, 0.1) is 11.3 Å². The molecule has 4 nitrogen and oxygen atoms in total. The van der Waals surface area contributed by atoms with E-state index < -0.39 is 0 Å². The first-order chi connectivity index (χ1) is 12.6. The second kappa shape index (κ2) is 8.36. The fourth-order valence-electron chi connectivity index (χ4n) is 2.45. The molecule has 0 aliphatic heterocycles. The van der Waals surface area contributed by atoms with E-state index in [0.29, 0.717) is 17.1 Å². The van der Waals surface area contributed by atoms with Crippen molar-refractivity contribution in [2.45, 2.75) is 18.4 Å². The number of aryl methyl sites for hydroxylation is 1. The van der Waals surface area contributed by atoms with E-state index in [1.54, 1.807) is 18.3 Å². The predicted octanol–water partition coefficient (Wildman–Crippen LogP) is 4.61. The molecule has 1 heterocycles. The molecule has 0 fully saturated rings. The molecule has 6 heteroatoms. The van der Waals surface area contributed by atoms with Crippen LogP contribution in [0.15, 0.2) is 65.7 Å². The third-order valence-corrected chi connectivity index (χ3v) is 4.85. The smallest absolute Gasteiger partial charge is 0.253 e. The van der Waals surface area contributed by atoms with E-state index in [1.807, 2.05) is 49.4 Å². The SMILES string of the molecule is Cc1ccc(-c2ccc(C(=O)NCc3ccc(SN)cc3Cl)cn2)cc1. The highest BCUT2D eigenvalue weighted by Crippen LogP contribution is 2.22. The number of carbonyl (C=O) groups is 1. The number of hydrogen-bond acceptors (Lipinski definition) is 4. The molecule has 1 amide bonds. The molecule has 0 saturated carbocycles. The number of nitrogens with one attached hydrogen (secondary N) is 1. The summed E-state index contributed by atoms with van der Waals surface area (Å²) < 4.78 is 0. The lowest BCUT2D eigenvalue weighted by molar-refractivity contribution is 0.0950. The van der Waals surface area contributed by atoms with Crippen molar-refractivity contribution in [3.63, 3.8) is 0 Å². The van der Waals surface area contributed by atoms with Gasteiger partial charge in [-0.2, -0.15) is 0 Å². The van der Waals surface area contributed by atoms with Crippen LogP contribution in [0.2, 0.25) is 5.02 Å². The summed E-state index contributed by atoms with van der Waals surface area (Å²) in [5.41, 5.74) is 4.39. The first-order valence-corrected chi connectivity index (χ1v) is 9.29. The van der Waals surface area contributed by atoms with Crippen molar-refractivity contribution in [1.29, 1.82) is 0 Å². The van der Waals surface area contributed by atoms with Crippen molar-refractivity contribution in [2.24, 2.45) is 5.14 Å². The van der Waals surface area contributed by atoms with E-state index in [4.69, 9.17) is 16.7 Å². The maximum absolute atomic E-state index is 12.3. The van der Waals surface area contributed by atoms with Crippen molar-refractivity contribution in [3.05, 3.63) is 82.5 Å². The van der Waals surface area contributed by atoms with E-state index in [-0.39, 0.29) is 5.91 Å². The van der Waals surface area contributed by atoms with Gasteiger partial charge in [0.2, 0.25) is 0 Å². The van der Waals surface area contributed by atoms with Gasteiger partial charge in [0.25, 0.3) is 5.91 Å². The lowest BCUT2D eigenvalue weighted by Gasteiger charge is -2.08. The monoisotopic (exact) mass is 383 g/mol. The summed E-state index contributed by atoms with van der Waals surface area (Å²) in [7, 11) is 0. The summed E-state index contributed by atoms with van der Waals surface area (Å²) in [4.78, 5) is 17.6. The van der Waals surface area contributed by atoms with Crippen LogP contribution in [0.4, 0.5) is 0 Å². The fourth-order valence-corrected chi connectivity index (χ4v) is 3.09. The summed E-state index contributed by atoms with van der Waals surface area (Å²) in [5, 5.41) is 8.95. The van der Waals surface area contributed by atoms with Crippen LogP contribution in [0, 0.1) is 6.92 Å². The third kappa shape index (κ3) is 4.43. The quantitative estimate of drug-likeness (QED) is 0.631. The summed E-state index contributed by atoms with van der Waals surface area (Å²) >= 11 is 7.34. The molecule has 3 N–H and O–H groups in total. The Bertz CT molecular complexity index is 911. The molecule has 132 valence electrons. The number of halogens is 1. The number of aromatic nitrogens is 1. The second-order valence-corrected chi connectivity index (χ2v) is 6.97. The molecule has 0 aliphatic carbocycles. The van der Waals surface area contributed by atoms with Crippen LogP contribution in [0.1, 0.15) is 21.5 Å². The maximum atomic E-state index is 12.3. The number of amides is 1. The number of rotatable bonds is 5. The number of carbonyl (C=O) groups excluding carboxylic acids is 1. The molecule has 0 bridgehead atoms. The van der Waals surface area contributed by atoms with E-state index in [0.717, 1.165) is 33.7 Å². The number of pyridine rings is 1.